The number of hydrogen-bond donors (Lipinski definition) is 1. The monoisotopic (exact) mass is 319 g/mol. The zero-order valence-corrected chi connectivity index (χ0v) is 13.0. The summed E-state index contributed by atoms with van der Waals surface area (Å²) in [6.07, 6.45) is 3.81. The highest BCUT2D eigenvalue weighted by Crippen LogP contribution is 2.29. The fourth-order valence-electron chi connectivity index (χ4n) is 2.77. The van der Waals surface area contributed by atoms with Gasteiger partial charge in [-0.25, -0.2) is 0 Å². The van der Waals surface area contributed by atoms with E-state index in [0.717, 1.165) is 18.4 Å². The molecule has 0 heterocycles. The van der Waals surface area contributed by atoms with Gasteiger partial charge in [-0.1, -0.05) is 41.4 Å². The number of ketones is 1. The summed E-state index contributed by atoms with van der Waals surface area (Å²) in [5.74, 6) is -0.00301. The molecule has 1 aliphatic rings. The minimum atomic E-state index is -0.00301. The van der Waals surface area contributed by atoms with Crippen LogP contribution in [0.5, 0.6) is 0 Å². The molecule has 21 heavy (non-hydrogen) atoms. The van der Waals surface area contributed by atoms with Gasteiger partial charge >= 0.3 is 0 Å². The van der Waals surface area contributed by atoms with Gasteiger partial charge in [-0.15, -0.1) is 0 Å². The molecule has 3 rings (SSSR count). The van der Waals surface area contributed by atoms with Crippen molar-refractivity contribution in [1.29, 1.82) is 0 Å². The van der Waals surface area contributed by atoms with Crippen molar-refractivity contribution in [3.05, 3.63) is 62.6 Å². The number of benzene rings is 2. The molecule has 1 aliphatic carbocycles. The van der Waals surface area contributed by atoms with Gasteiger partial charge in [-0.05, 0) is 48.1 Å². The third-order valence-electron chi connectivity index (χ3n) is 3.93. The molecule has 108 valence electrons. The van der Waals surface area contributed by atoms with E-state index in [4.69, 9.17) is 28.9 Å². The third-order valence-corrected chi connectivity index (χ3v) is 4.55. The number of aryl methyl sites for hydroxylation is 2. The van der Waals surface area contributed by atoms with Gasteiger partial charge in [0.25, 0.3) is 0 Å². The van der Waals surface area contributed by atoms with Gasteiger partial charge < -0.3 is 5.73 Å². The van der Waals surface area contributed by atoms with Gasteiger partial charge in [0.15, 0.2) is 5.78 Å². The van der Waals surface area contributed by atoms with Crippen molar-refractivity contribution in [3.8, 4) is 0 Å². The summed E-state index contributed by atoms with van der Waals surface area (Å²) in [4.78, 5) is 12.4. The van der Waals surface area contributed by atoms with Crippen LogP contribution in [-0.2, 0) is 19.3 Å². The SMILES string of the molecule is Nc1c(Cl)cc(C(=O)Cc2ccc3c(c2)CCC3)cc1Cl. The number of rotatable bonds is 3. The average Bonchev–Trinajstić information content (AvgIpc) is 2.91. The lowest BCUT2D eigenvalue weighted by Crippen LogP contribution is -2.05. The van der Waals surface area contributed by atoms with Crippen LogP contribution in [0.4, 0.5) is 5.69 Å². The number of nitrogens with two attached hydrogens (primary N) is 1. The second-order valence-corrected chi connectivity index (χ2v) is 6.22. The van der Waals surface area contributed by atoms with Gasteiger partial charge in [0, 0.05) is 12.0 Å². The van der Waals surface area contributed by atoms with Crippen LogP contribution < -0.4 is 5.73 Å². The summed E-state index contributed by atoms with van der Waals surface area (Å²) in [7, 11) is 0. The van der Waals surface area contributed by atoms with E-state index in [2.05, 4.69) is 12.1 Å². The van der Waals surface area contributed by atoms with Crippen LogP contribution in [0, 0.1) is 0 Å². The van der Waals surface area contributed by atoms with E-state index in [-0.39, 0.29) is 5.78 Å². The molecule has 2 N–H and O–H groups in total. The fourth-order valence-corrected chi connectivity index (χ4v) is 3.25. The van der Waals surface area contributed by atoms with Crippen LogP contribution in [0.15, 0.2) is 30.3 Å². The molecule has 4 heteroatoms. The van der Waals surface area contributed by atoms with Gasteiger partial charge in [-0.2, -0.15) is 0 Å². The van der Waals surface area contributed by atoms with Crippen molar-refractivity contribution >= 4 is 34.7 Å². The van der Waals surface area contributed by atoms with Crippen molar-refractivity contribution in [2.75, 3.05) is 5.73 Å². The number of hydrogen-bond acceptors (Lipinski definition) is 2. The first kappa shape index (κ1) is 14.4. The van der Waals surface area contributed by atoms with Gasteiger partial charge in [0.05, 0.1) is 15.7 Å². The van der Waals surface area contributed by atoms with E-state index in [1.807, 2.05) is 6.07 Å². The lowest BCUT2D eigenvalue weighted by atomic mass is 9.99. The molecule has 0 aromatic heterocycles. The molecular weight excluding hydrogens is 305 g/mol. The second kappa shape index (κ2) is 5.70. The summed E-state index contributed by atoms with van der Waals surface area (Å²) in [6.45, 7) is 0. The molecule has 0 unspecified atom stereocenters. The van der Waals surface area contributed by atoms with E-state index < -0.39 is 0 Å². The van der Waals surface area contributed by atoms with Gasteiger partial charge in [-0.3, -0.25) is 4.79 Å². The molecule has 0 aliphatic heterocycles. The molecular formula is C17H15Cl2NO. The molecule has 0 radical (unpaired) electrons. The molecule has 0 amide bonds. The van der Waals surface area contributed by atoms with Crippen molar-refractivity contribution in [1.82, 2.24) is 0 Å². The Hall–Kier alpha value is -1.51. The van der Waals surface area contributed by atoms with Crippen molar-refractivity contribution < 1.29 is 4.79 Å². The van der Waals surface area contributed by atoms with Crippen molar-refractivity contribution in [2.45, 2.75) is 25.7 Å². The Morgan fingerprint density at radius 2 is 1.71 bits per heavy atom. The number of nitrogen functional groups attached to an aromatic ring is 1. The van der Waals surface area contributed by atoms with Crippen LogP contribution in [0.1, 0.15) is 33.5 Å². The first-order chi connectivity index (χ1) is 10.0. The lowest BCUT2D eigenvalue weighted by Gasteiger charge is -2.07. The van der Waals surface area contributed by atoms with Crippen molar-refractivity contribution in [3.63, 3.8) is 0 Å². The highest BCUT2D eigenvalue weighted by molar-refractivity contribution is 6.39. The summed E-state index contributed by atoms with van der Waals surface area (Å²) < 4.78 is 0. The standard InChI is InChI=1S/C17H15Cl2NO/c18-14-8-13(9-15(19)17(14)20)16(21)7-10-4-5-11-2-1-3-12(11)6-10/h4-6,8-9H,1-3,7,20H2. The largest absolute Gasteiger partial charge is 0.396 e. The number of carbonyl (C=O) groups excluding carboxylic acids is 1. The zero-order chi connectivity index (χ0) is 15.0. The fraction of sp³-hybridized carbons (Fsp3) is 0.235. The number of fused-ring (bicyclic) bond motifs is 1. The molecule has 0 saturated carbocycles. The summed E-state index contributed by atoms with van der Waals surface area (Å²) in [6, 6.07) is 9.47. The predicted octanol–water partition coefficient (Wildman–Crippen LogP) is 4.49. The number of anilines is 1. The van der Waals surface area contributed by atoms with Crippen LogP contribution in [0.3, 0.4) is 0 Å². The molecule has 2 aromatic carbocycles. The van der Waals surface area contributed by atoms with Crippen LogP contribution >= 0.6 is 23.2 Å². The first-order valence-electron chi connectivity index (χ1n) is 6.93. The predicted molar refractivity (Wildman–Crippen MR) is 87.4 cm³/mol. The third kappa shape index (κ3) is 2.92. The normalized spacial score (nSPS) is 13.2. The Morgan fingerprint density at radius 3 is 2.43 bits per heavy atom. The maximum atomic E-state index is 12.4. The maximum Gasteiger partial charge on any atom is 0.167 e. The molecule has 0 bridgehead atoms. The van der Waals surface area contributed by atoms with Crippen molar-refractivity contribution in [2.24, 2.45) is 0 Å². The Kier molecular flexibility index (Phi) is 3.92. The molecule has 0 saturated heterocycles. The Bertz CT molecular complexity index is 702. The Morgan fingerprint density at radius 1 is 1.05 bits per heavy atom. The van der Waals surface area contributed by atoms with Crippen LogP contribution in [-0.4, -0.2) is 5.78 Å². The highest BCUT2D eigenvalue weighted by atomic mass is 35.5. The topological polar surface area (TPSA) is 43.1 Å². The van der Waals surface area contributed by atoms with Crippen LogP contribution in [0.2, 0.25) is 10.0 Å². The van der Waals surface area contributed by atoms with Crippen LogP contribution in [0.25, 0.3) is 0 Å². The van der Waals surface area contributed by atoms with E-state index in [0.29, 0.717) is 27.7 Å². The zero-order valence-electron chi connectivity index (χ0n) is 11.5. The first-order valence-corrected chi connectivity index (χ1v) is 7.68. The summed E-state index contributed by atoms with van der Waals surface area (Å²) in [5, 5.41) is 0.639. The molecule has 2 nitrogen and oxygen atoms in total. The summed E-state index contributed by atoms with van der Waals surface area (Å²) in [5.41, 5.74) is 10.3. The van der Waals surface area contributed by atoms with Gasteiger partial charge in [0.2, 0.25) is 0 Å². The lowest BCUT2D eigenvalue weighted by molar-refractivity contribution is 0.0993. The number of Topliss-reactive ketones (excluding diaryl/α,β-unsaturated/α-hetero) is 1. The van der Waals surface area contributed by atoms with E-state index in [1.54, 1.807) is 12.1 Å². The van der Waals surface area contributed by atoms with Gasteiger partial charge in [0.1, 0.15) is 0 Å². The minimum absolute atomic E-state index is 0.00301. The molecule has 0 atom stereocenters. The molecule has 2 aromatic rings. The molecule has 0 spiro atoms. The maximum absolute atomic E-state index is 12.4. The second-order valence-electron chi connectivity index (χ2n) is 5.41. The Balaban J connectivity index is 1.83. The number of carbonyl (C=O) groups is 1. The highest BCUT2D eigenvalue weighted by Gasteiger charge is 2.15. The van der Waals surface area contributed by atoms with E-state index in [1.165, 1.54) is 17.5 Å². The van der Waals surface area contributed by atoms with E-state index >= 15 is 0 Å². The molecule has 0 fully saturated rings. The average molecular weight is 320 g/mol. The smallest absolute Gasteiger partial charge is 0.167 e. The number of halogens is 2. The Labute approximate surface area is 133 Å². The minimum Gasteiger partial charge on any atom is -0.396 e. The summed E-state index contributed by atoms with van der Waals surface area (Å²) >= 11 is 12.0. The quantitative estimate of drug-likeness (QED) is 0.669. The van der Waals surface area contributed by atoms with E-state index in [9.17, 15) is 4.79 Å².